The van der Waals surface area contributed by atoms with Gasteiger partial charge in [-0.3, -0.25) is 0 Å². The number of nitrogens with one attached hydrogen (secondary N) is 1. The molecule has 0 spiro atoms. The molecular weight excluding hydrogens is 238 g/mol. The molecule has 1 rings (SSSR count). The number of halogens is 1. The number of rotatable bonds is 6. The SMILES string of the molecule is COc1cccc(Cl)c1C(CO)NCC(C)C. The van der Waals surface area contributed by atoms with Crippen LogP contribution in [0.4, 0.5) is 0 Å². The second-order valence-electron chi connectivity index (χ2n) is 4.39. The molecule has 4 heteroatoms. The molecule has 1 atom stereocenters. The van der Waals surface area contributed by atoms with Gasteiger partial charge in [-0.15, -0.1) is 0 Å². The van der Waals surface area contributed by atoms with Gasteiger partial charge in [0.1, 0.15) is 5.75 Å². The molecule has 0 heterocycles. The van der Waals surface area contributed by atoms with Crippen LogP contribution < -0.4 is 10.1 Å². The maximum atomic E-state index is 9.46. The Labute approximate surface area is 108 Å². The molecule has 0 bridgehead atoms. The molecule has 3 nitrogen and oxygen atoms in total. The Balaban J connectivity index is 2.94. The molecule has 1 unspecified atom stereocenters. The lowest BCUT2D eigenvalue weighted by Crippen LogP contribution is -2.28. The van der Waals surface area contributed by atoms with Crippen LogP contribution >= 0.6 is 11.6 Å². The molecule has 0 aliphatic carbocycles. The van der Waals surface area contributed by atoms with Gasteiger partial charge in [0.25, 0.3) is 0 Å². The summed E-state index contributed by atoms with van der Waals surface area (Å²) in [6.07, 6.45) is 0. The van der Waals surface area contributed by atoms with Crippen molar-refractivity contribution in [1.29, 1.82) is 0 Å². The minimum atomic E-state index is -0.193. The molecule has 0 aliphatic heterocycles. The molecular formula is C13H20ClNO2. The first-order valence-electron chi connectivity index (χ1n) is 5.76. The zero-order valence-electron chi connectivity index (χ0n) is 10.5. The van der Waals surface area contributed by atoms with E-state index in [4.69, 9.17) is 16.3 Å². The smallest absolute Gasteiger partial charge is 0.125 e. The van der Waals surface area contributed by atoms with Crippen molar-refractivity contribution in [3.63, 3.8) is 0 Å². The van der Waals surface area contributed by atoms with E-state index in [9.17, 15) is 5.11 Å². The number of hydrogen-bond acceptors (Lipinski definition) is 3. The van der Waals surface area contributed by atoms with Gasteiger partial charge >= 0.3 is 0 Å². The van der Waals surface area contributed by atoms with Gasteiger partial charge in [-0.25, -0.2) is 0 Å². The predicted octanol–water partition coefficient (Wildman–Crippen LogP) is 2.63. The number of methoxy groups -OCH3 is 1. The van der Waals surface area contributed by atoms with E-state index in [1.807, 2.05) is 12.1 Å². The number of ether oxygens (including phenoxy) is 1. The van der Waals surface area contributed by atoms with Gasteiger partial charge in [0.05, 0.1) is 19.8 Å². The highest BCUT2D eigenvalue weighted by atomic mass is 35.5. The normalized spacial score (nSPS) is 12.8. The number of aliphatic hydroxyl groups is 1. The molecule has 96 valence electrons. The fourth-order valence-electron chi connectivity index (χ4n) is 1.67. The number of hydrogen-bond donors (Lipinski definition) is 2. The Morgan fingerprint density at radius 1 is 1.41 bits per heavy atom. The summed E-state index contributed by atoms with van der Waals surface area (Å²) in [5, 5.41) is 13.4. The van der Waals surface area contributed by atoms with Crippen molar-refractivity contribution in [2.45, 2.75) is 19.9 Å². The molecule has 0 saturated carbocycles. The average molecular weight is 258 g/mol. The minimum absolute atomic E-state index is 0.00713. The van der Waals surface area contributed by atoms with Crippen LogP contribution in [0.3, 0.4) is 0 Å². The quantitative estimate of drug-likeness (QED) is 0.823. The lowest BCUT2D eigenvalue weighted by Gasteiger charge is -2.21. The zero-order valence-corrected chi connectivity index (χ0v) is 11.3. The van der Waals surface area contributed by atoms with E-state index in [2.05, 4.69) is 19.2 Å². The van der Waals surface area contributed by atoms with Crippen LogP contribution in [0.5, 0.6) is 5.75 Å². The highest BCUT2D eigenvalue weighted by Crippen LogP contribution is 2.31. The molecule has 0 saturated heterocycles. The van der Waals surface area contributed by atoms with Crippen molar-refractivity contribution in [2.75, 3.05) is 20.3 Å². The maximum Gasteiger partial charge on any atom is 0.125 e. The van der Waals surface area contributed by atoms with E-state index in [0.717, 1.165) is 12.1 Å². The Bertz CT molecular complexity index is 355. The van der Waals surface area contributed by atoms with Crippen molar-refractivity contribution in [3.8, 4) is 5.75 Å². The maximum absolute atomic E-state index is 9.46. The highest BCUT2D eigenvalue weighted by molar-refractivity contribution is 6.31. The zero-order chi connectivity index (χ0) is 12.8. The van der Waals surface area contributed by atoms with Crippen molar-refractivity contribution < 1.29 is 9.84 Å². The van der Waals surface area contributed by atoms with Gasteiger partial charge in [0.15, 0.2) is 0 Å². The van der Waals surface area contributed by atoms with E-state index in [1.54, 1.807) is 13.2 Å². The first-order chi connectivity index (χ1) is 8.10. The van der Waals surface area contributed by atoms with Crippen LogP contribution in [0.1, 0.15) is 25.5 Å². The van der Waals surface area contributed by atoms with Gasteiger partial charge < -0.3 is 15.2 Å². The Morgan fingerprint density at radius 2 is 2.12 bits per heavy atom. The summed E-state index contributed by atoms with van der Waals surface area (Å²) in [5.41, 5.74) is 0.819. The number of aliphatic hydroxyl groups excluding tert-OH is 1. The largest absolute Gasteiger partial charge is 0.496 e. The van der Waals surface area contributed by atoms with Gasteiger partial charge in [-0.2, -0.15) is 0 Å². The van der Waals surface area contributed by atoms with Crippen molar-refractivity contribution in [1.82, 2.24) is 5.32 Å². The second kappa shape index (κ2) is 6.84. The summed E-state index contributed by atoms with van der Waals surface area (Å²) in [5.74, 6) is 1.21. The Kier molecular flexibility index (Phi) is 5.75. The third kappa shape index (κ3) is 3.87. The number of benzene rings is 1. The first-order valence-corrected chi connectivity index (χ1v) is 6.14. The summed E-state index contributed by atoms with van der Waals surface area (Å²) in [7, 11) is 1.60. The first kappa shape index (κ1) is 14.3. The summed E-state index contributed by atoms with van der Waals surface area (Å²) in [4.78, 5) is 0. The average Bonchev–Trinajstić information content (AvgIpc) is 2.31. The minimum Gasteiger partial charge on any atom is -0.496 e. The van der Waals surface area contributed by atoms with Crippen molar-refractivity contribution in [3.05, 3.63) is 28.8 Å². The second-order valence-corrected chi connectivity index (χ2v) is 4.80. The lowest BCUT2D eigenvalue weighted by molar-refractivity contribution is 0.237. The topological polar surface area (TPSA) is 41.5 Å². The van der Waals surface area contributed by atoms with Crippen LogP contribution in [0.25, 0.3) is 0 Å². The van der Waals surface area contributed by atoms with E-state index < -0.39 is 0 Å². The molecule has 1 aromatic carbocycles. The van der Waals surface area contributed by atoms with Crippen LogP contribution in [0.15, 0.2) is 18.2 Å². The van der Waals surface area contributed by atoms with E-state index in [0.29, 0.717) is 16.7 Å². The molecule has 17 heavy (non-hydrogen) atoms. The standard InChI is InChI=1S/C13H20ClNO2/c1-9(2)7-15-11(8-16)13-10(14)5-4-6-12(13)17-3/h4-6,9,11,15-16H,7-8H2,1-3H3. The fraction of sp³-hybridized carbons (Fsp3) is 0.538. The molecule has 0 fully saturated rings. The summed E-state index contributed by atoms with van der Waals surface area (Å²) < 4.78 is 5.28. The third-order valence-corrected chi connectivity index (χ3v) is 2.87. The molecule has 0 aliphatic rings. The summed E-state index contributed by atoms with van der Waals surface area (Å²) in [6.45, 7) is 5.04. The van der Waals surface area contributed by atoms with Gasteiger partial charge in [-0.1, -0.05) is 31.5 Å². The third-order valence-electron chi connectivity index (χ3n) is 2.54. The molecule has 2 N–H and O–H groups in total. The van der Waals surface area contributed by atoms with Crippen LogP contribution in [-0.2, 0) is 0 Å². The van der Waals surface area contributed by atoms with E-state index in [1.165, 1.54) is 0 Å². The molecule has 0 radical (unpaired) electrons. The monoisotopic (exact) mass is 257 g/mol. The highest BCUT2D eigenvalue weighted by Gasteiger charge is 2.18. The van der Waals surface area contributed by atoms with Crippen LogP contribution in [-0.4, -0.2) is 25.4 Å². The van der Waals surface area contributed by atoms with Gasteiger partial charge in [-0.05, 0) is 24.6 Å². The van der Waals surface area contributed by atoms with Gasteiger partial charge in [0.2, 0.25) is 0 Å². The van der Waals surface area contributed by atoms with Crippen molar-refractivity contribution >= 4 is 11.6 Å². The summed E-state index contributed by atoms with van der Waals surface area (Å²) >= 11 is 6.17. The fourth-order valence-corrected chi connectivity index (χ4v) is 1.97. The summed E-state index contributed by atoms with van der Waals surface area (Å²) in [6, 6.07) is 5.29. The molecule has 0 amide bonds. The van der Waals surface area contributed by atoms with E-state index >= 15 is 0 Å². The predicted molar refractivity (Wildman–Crippen MR) is 70.7 cm³/mol. The van der Waals surface area contributed by atoms with Gasteiger partial charge in [0, 0.05) is 10.6 Å². The van der Waals surface area contributed by atoms with Crippen molar-refractivity contribution in [2.24, 2.45) is 5.92 Å². The molecule has 0 aromatic heterocycles. The Hall–Kier alpha value is -0.770. The Morgan fingerprint density at radius 3 is 2.65 bits per heavy atom. The van der Waals surface area contributed by atoms with E-state index in [-0.39, 0.29) is 12.6 Å². The van der Waals surface area contributed by atoms with Crippen LogP contribution in [0.2, 0.25) is 5.02 Å². The van der Waals surface area contributed by atoms with Crippen LogP contribution in [0, 0.1) is 5.92 Å². The molecule has 1 aromatic rings. The lowest BCUT2D eigenvalue weighted by atomic mass is 10.1.